The molecule has 0 aliphatic carbocycles. The Kier molecular flexibility index (Phi) is 7.80. The predicted octanol–water partition coefficient (Wildman–Crippen LogP) is 8.42. The van der Waals surface area contributed by atoms with Crippen molar-refractivity contribution < 1.29 is 0 Å². The van der Waals surface area contributed by atoms with Gasteiger partial charge in [-0.25, -0.2) is 9.97 Å². The van der Waals surface area contributed by atoms with Crippen LogP contribution in [0.3, 0.4) is 0 Å². The Labute approximate surface area is 298 Å². The fourth-order valence-electron chi connectivity index (χ4n) is 7.65. The molecule has 0 radical (unpaired) electrons. The van der Waals surface area contributed by atoms with Crippen LogP contribution in [-0.2, 0) is 0 Å². The molecule has 9 rings (SSSR count). The summed E-state index contributed by atoms with van der Waals surface area (Å²) in [5.74, 6) is 1.64. The molecule has 0 saturated carbocycles. The third kappa shape index (κ3) is 5.23. The van der Waals surface area contributed by atoms with Gasteiger partial charge in [0.1, 0.15) is 11.6 Å². The first-order chi connectivity index (χ1) is 25.3. The van der Waals surface area contributed by atoms with Crippen molar-refractivity contribution in [3.8, 4) is 5.69 Å². The molecule has 0 unspecified atom stereocenters. The first kappa shape index (κ1) is 30.5. The predicted molar refractivity (Wildman–Crippen MR) is 215 cm³/mol. The molecule has 0 amide bonds. The number of rotatable bonds is 8. The number of anilines is 3. The topological polar surface area (TPSA) is 34.0 Å². The minimum absolute atomic E-state index is 0.818. The van der Waals surface area contributed by atoms with Gasteiger partial charge in [0.25, 0.3) is 0 Å². The van der Waals surface area contributed by atoms with Gasteiger partial charge in [-0.2, -0.15) is 0 Å². The summed E-state index contributed by atoms with van der Waals surface area (Å²) in [5.41, 5.74) is 4.57. The maximum Gasteiger partial charge on any atom is 0.179 e. The summed E-state index contributed by atoms with van der Waals surface area (Å²) in [7, 11) is -2.85. The van der Waals surface area contributed by atoms with Gasteiger partial charge < -0.3 is 4.57 Å². The molecule has 9 aromatic rings. The Hall–Kier alpha value is -6.56. The van der Waals surface area contributed by atoms with E-state index in [4.69, 9.17) is 9.97 Å². The number of hydrogen-bond donors (Lipinski definition) is 0. The normalized spacial score (nSPS) is 11.5. The number of nitrogens with zero attached hydrogens (tertiary/aromatic N) is 4. The van der Waals surface area contributed by atoms with Crippen LogP contribution in [0.5, 0.6) is 0 Å². The van der Waals surface area contributed by atoms with Crippen molar-refractivity contribution >= 4 is 67.9 Å². The van der Waals surface area contributed by atoms with Crippen LogP contribution in [0.2, 0.25) is 0 Å². The molecule has 0 saturated heterocycles. The van der Waals surface area contributed by atoms with Gasteiger partial charge in [-0.05, 0) is 81.4 Å². The van der Waals surface area contributed by atoms with Crippen LogP contribution in [0.25, 0.3) is 27.5 Å². The lowest BCUT2D eigenvalue weighted by atomic mass is 10.1. The second-order valence-corrected chi connectivity index (χ2v) is 16.5. The number of pyridine rings is 2. The molecular weight excluding hydrogens is 637 g/mol. The average Bonchev–Trinajstić information content (AvgIpc) is 3.55. The van der Waals surface area contributed by atoms with E-state index in [1.807, 2.05) is 48.8 Å². The van der Waals surface area contributed by atoms with Crippen LogP contribution in [0, 0.1) is 0 Å². The van der Waals surface area contributed by atoms with Gasteiger partial charge in [0.15, 0.2) is 8.07 Å². The number of hydrogen-bond acceptors (Lipinski definition) is 3. The number of fused-ring (bicyclic) bond motifs is 3. The SMILES string of the molecule is c1ccc(-n2c3ccccc3c3cc([Si](c4ccccc4)(c4ccccc4)c4ccc(N(c5ccccn5)c5ccccn5)cc4)ccc32)cc1. The van der Waals surface area contributed by atoms with Gasteiger partial charge in [-0.1, -0.05) is 133 Å². The molecule has 51 heavy (non-hydrogen) atoms. The van der Waals surface area contributed by atoms with E-state index in [0.717, 1.165) is 23.0 Å². The van der Waals surface area contributed by atoms with Crippen molar-refractivity contribution in [3.05, 3.63) is 207 Å². The molecule has 0 fully saturated rings. The van der Waals surface area contributed by atoms with Crippen LogP contribution >= 0.6 is 0 Å². The van der Waals surface area contributed by atoms with E-state index >= 15 is 0 Å². The van der Waals surface area contributed by atoms with Crippen molar-refractivity contribution in [2.24, 2.45) is 0 Å². The van der Waals surface area contributed by atoms with Crippen molar-refractivity contribution in [1.29, 1.82) is 0 Å². The molecule has 0 spiro atoms. The van der Waals surface area contributed by atoms with Crippen LogP contribution in [-0.4, -0.2) is 22.6 Å². The van der Waals surface area contributed by atoms with Crippen molar-refractivity contribution in [1.82, 2.24) is 14.5 Å². The highest BCUT2D eigenvalue weighted by Gasteiger charge is 2.41. The smallest absolute Gasteiger partial charge is 0.179 e. The highest BCUT2D eigenvalue weighted by molar-refractivity contribution is 7.20. The van der Waals surface area contributed by atoms with Gasteiger partial charge in [0, 0.05) is 34.5 Å². The van der Waals surface area contributed by atoms with Gasteiger partial charge in [-0.15, -0.1) is 0 Å². The lowest BCUT2D eigenvalue weighted by Crippen LogP contribution is -2.74. The lowest BCUT2D eigenvalue weighted by molar-refractivity contribution is 1.13. The molecule has 5 heteroatoms. The van der Waals surface area contributed by atoms with Crippen LogP contribution in [0.1, 0.15) is 0 Å². The van der Waals surface area contributed by atoms with Crippen molar-refractivity contribution in [2.45, 2.75) is 0 Å². The fourth-order valence-corrected chi connectivity index (χ4v) is 12.4. The summed E-state index contributed by atoms with van der Waals surface area (Å²) >= 11 is 0. The number of para-hydroxylation sites is 2. The van der Waals surface area contributed by atoms with E-state index in [1.165, 1.54) is 42.6 Å². The molecule has 242 valence electrons. The van der Waals surface area contributed by atoms with Gasteiger partial charge >= 0.3 is 0 Å². The largest absolute Gasteiger partial charge is 0.309 e. The molecule has 0 aliphatic rings. The molecule has 0 aliphatic heterocycles. The summed E-state index contributed by atoms with van der Waals surface area (Å²) in [6.07, 6.45) is 3.65. The summed E-state index contributed by atoms with van der Waals surface area (Å²) < 4.78 is 2.39. The molecule has 3 heterocycles. The Bertz CT molecular complexity index is 2480. The Morgan fingerprint density at radius 3 is 1.47 bits per heavy atom. The maximum atomic E-state index is 4.72. The molecule has 0 N–H and O–H groups in total. The van der Waals surface area contributed by atoms with E-state index in [0.29, 0.717) is 0 Å². The van der Waals surface area contributed by atoms with E-state index < -0.39 is 8.07 Å². The molecule has 3 aromatic heterocycles. The highest BCUT2D eigenvalue weighted by Crippen LogP contribution is 2.33. The van der Waals surface area contributed by atoms with Gasteiger partial charge in [0.2, 0.25) is 0 Å². The second kappa shape index (κ2) is 13.0. The minimum atomic E-state index is -2.85. The maximum absolute atomic E-state index is 4.72. The van der Waals surface area contributed by atoms with Gasteiger partial charge in [0.05, 0.1) is 11.0 Å². The van der Waals surface area contributed by atoms with Crippen molar-refractivity contribution in [2.75, 3.05) is 4.90 Å². The zero-order chi connectivity index (χ0) is 34.0. The standard InChI is InChI=1S/C46H34N4Si/c1-4-16-35(17-5-1)49-43-23-11-10-22-41(43)42-34-40(30-31-44(42)49)51(37-18-6-2-7-19-37,38-20-8-3-9-21-38)39-28-26-36(27-29-39)50(45-24-12-14-32-47-45)46-25-13-15-33-48-46/h1-34H. The van der Waals surface area contributed by atoms with Crippen LogP contribution in [0.15, 0.2) is 207 Å². The van der Waals surface area contributed by atoms with Crippen molar-refractivity contribution in [3.63, 3.8) is 0 Å². The summed E-state index contributed by atoms with van der Waals surface area (Å²) in [5, 5.41) is 7.81. The van der Waals surface area contributed by atoms with Crippen LogP contribution in [0.4, 0.5) is 17.3 Å². The molecular formula is C46H34N4Si. The van der Waals surface area contributed by atoms with E-state index in [9.17, 15) is 0 Å². The highest BCUT2D eigenvalue weighted by atomic mass is 28.3. The Balaban J connectivity index is 1.30. The number of benzene rings is 6. The fraction of sp³-hybridized carbons (Fsp3) is 0. The van der Waals surface area contributed by atoms with E-state index in [2.05, 4.69) is 167 Å². The third-order valence-electron chi connectivity index (χ3n) is 9.85. The van der Waals surface area contributed by atoms with Gasteiger partial charge in [-0.3, -0.25) is 4.90 Å². The minimum Gasteiger partial charge on any atom is -0.309 e. The number of aromatic nitrogens is 3. The zero-order valence-electron chi connectivity index (χ0n) is 27.9. The monoisotopic (exact) mass is 670 g/mol. The zero-order valence-corrected chi connectivity index (χ0v) is 28.9. The second-order valence-electron chi connectivity index (χ2n) is 12.7. The summed E-state index contributed by atoms with van der Waals surface area (Å²) in [6.45, 7) is 0. The summed E-state index contributed by atoms with van der Waals surface area (Å²) in [4.78, 5) is 11.5. The molecule has 0 bridgehead atoms. The average molecular weight is 671 g/mol. The first-order valence-electron chi connectivity index (χ1n) is 17.3. The lowest BCUT2D eigenvalue weighted by Gasteiger charge is -2.35. The van der Waals surface area contributed by atoms with E-state index in [1.54, 1.807) is 0 Å². The Morgan fingerprint density at radius 2 is 0.882 bits per heavy atom. The molecule has 6 aromatic carbocycles. The Morgan fingerprint density at radius 1 is 0.392 bits per heavy atom. The first-order valence-corrected chi connectivity index (χ1v) is 19.3. The quantitative estimate of drug-likeness (QED) is 0.120. The molecule has 4 nitrogen and oxygen atoms in total. The summed E-state index contributed by atoms with van der Waals surface area (Å²) in [6, 6.07) is 69.9. The van der Waals surface area contributed by atoms with E-state index in [-0.39, 0.29) is 0 Å². The third-order valence-corrected chi connectivity index (χ3v) is 14.6. The van der Waals surface area contributed by atoms with Crippen LogP contribution < -0.4 is 25.6 Å². The molecule has 0 atom stereocenters.